The van der Waals surface area contributed by atoms with Gasteiger partial charge in [-0.15, -0.1) is 0 Å². The van der Waals surface area contributed by atoms with Crippen molar-refractivity contribution in [3.05, 3.63) is 53.7 Å². The summed E-state index contributed by atoms with van der Waals surface area (Å²) in [5, 5.41) is 12.9. The topological polar surface area (TPSA) is 54.4 Å². The number of phenols is 1. The minimum absolute atomic E-state index is 0.317. The van der Waals surface area contributed by atoms with Crippen molar-refractivity contribution in [2.24, 2.45) is 0 Å². The van der Waals surface area contributed by atoms with E-state index in [0.717, 1.165) is 11.1 Å². The van der Waals surface area contributed by atoms with E-state index in [9.17, 15) is 5.11 Å². The minimum Gasteiger partial charge on any atom is -0.508 e. The van der Waals surface area contributed by atoms with Crippen molar-refractivity contribution in [2.45, 2.75) is 13.1 Å². The highest BCUT2D eigenvalue weighted by atomic mass is 16.5. The van der Waals surface area contributed by atoms with Crippen LogP contribution in [0.1, 0.15) is 11.1 Å². The summed E-state index contributed by atoms with van der Waals surface area (Å²) in [7, 11) is 1.60. The lowest BCUT2D eigenvalue weighted by molar-refractivity contribution is 0.397. The molecule has 0 aliphatic rings. The highest BCUT2D eigenvalue weighted by Gasteiger charge is 1.99. The Morgan fingerprint density at radius 2 is 2.00 bits per heavy atom. The molecular weight excluding hydrogens is 228 g/mol. The Morgan fingerprint density at radius 1 is 1.17 bits per heavy atom. The van der Waals surface area contributed by atoms with Crippen LogP contribution in [0.4, 0.5) is 0 Å². The van der Waals surface area contributed by atoms with E-state index in [1.54, 1.807) is 19.4 Å². The molecular formula is C14H16N2O2. The first-order chi connectivity index (χ1) is 8.79. The predicted molar refractivity (Wildman–Crippen MR) is 69.4 cm³/mol. The number of ether oxygens (including phenoxy) is 1. The Bertz CT molecular complexity index is 497. The van der Waals surface area contributed by atoms with Crippen LogP contribution in [-0.4, -0.2) is 17.2 Å². The molecule has 0 aliphatic heterocycles. The van der Waals surface area contributed by atoms with Crippen LogP contribution in [0.5, 0.6) is 11.6 Å². The van der Waals surface area contributed by atoms with Crippen LogP contribution in [0.3, 0.4) is 0 Å². The van der Waals surface area contributed by atoms with Crippen LogP contribution in [0.2, 0.25) is 0 Å². The van der Waals surface area contributed by atoms with Gasteiger partial charge in [-0.25, -0.2) is 4.98 Å². The molecule has 4 heteroatoms. The lowest BCUT2D eigenvalue weighted by Gasteiger charge is -2.07. The van der Waals surface area contributed by atoms with E-state index in [1.165, 1.54) is 0 Å². The molecule has 0 amide bonds. The second-order valence-electron chi connectivity index (χ2n) is 3.94. The molecule has 0 saturated heterocycles. The van der Waals surface area contributed by atoms with Gasteiger partial charge in [0, 0.05) is 30.9 Å². The number of aromatic hydroxyl groups is 1. The van der Waals surface area contributed by atoms with Gasteiger partial charge in [0.05, 0.1) is 7.11 Å². The fourth-order valence-corrected chi connectivity index (χ4v) is 1.64. The van der Waals surface area contributed by atoms with Crippen molar-refractivity contribution in [3.8, 4) is 11.6 Å². The molecule has 0 bridgehead atoms. The molecule has 4 nitrogen and oxygen atoms in total. The maximum Gasteiger partial charge on any atom is 0.212 e. The summed E-state index contributed by atoms with van der Waals surface area (Å²) in [5.74, 6) is 0.928. The van der Waals surface area contributed by atoms with Gasteiger partial charge in [-0.2, -0.15) is 0 Å². The third-order valence-corrected chi connectivity index (χ3v) is 2.64. The number of pyridine rings is 1. The number of hydrogen-bond donors (Lipinski definition) is 2. The van der Waals surface area contributed by atoms with E-state index in [1.807, 2.05) is 30.3 Å². The number of nitrogens with one attached hydrogen (secondary N) is 1. The summed E-state index contributed by atoms with van der Waals surface area (Å²) in [6.45, 7) is 1.32. The first kappa shape index (κ1) is 12.4. The van der Waals surface area contributed by atoms with Gasteiger partial charge in [0.2, 0.25) is 5.88 Å². The molecule has 0 unspecified atom stereocenters. The number of nitrogens with zero attached hydrogens (tertiary/aromatic N) is 1. The molecule has 1 heterocycles. The lowest BCUT2D eigenvalue weighted by Crippen LogP contribution is -2.12. The third kappa shape index (κ3) is 3.21. The maximum atomic E-state index is 9.61. The van der Waals surface area contributed by atoms with Gasteiger partial charge in [-0.05, 0) is 11.6 Å². The van der Waals surface area contributed by atoms with Gasteiger partial charge in [-0.3, -0.25) is 0 Å². The van der Waals surface area contributed by atoms with Crippen molar-refractivity contribution in [3.63, 3.8) is 0 Å². The molecule has 1 aromatic carbocycles. The monoisotopic (exact) mass is 244 g/mol. The zero-order valence-corrected chi connectivity index (χ0v) is 10.3. The number of benzene rings is 1. The van der Waals surface area contributed by atoms with Gasteiger partial charge in [-0.1, -0.05) is 24.3 Å². The molecule has 0 radical (unpaired) electrons. The first-order valence-electron chi connectivity index (χ1n) is 5.76. The Balaban J connectivity index is 1.86. The Labute approximate surface area is 106 Å². The highest BCUT2D eigenvalue weighted by Crippen LogP contribution is 2.15. The van der Waals surface area contributed by atoms with E-state index in [0.29, 0.717) is 24.7 Å². The van der Waals surface area contributed by atoms with Crippen LogP contribution >= 0.6 is 0 Å². The quantitative estimate of drug-likeness (QED) is 0.845. The van der Waals surface area contributed by atoms with Crippen LogP contribution in [0.15, 0.2) is 42.6 Å². The predicted octanol–water partition coefficient (Wildman–Crippen LogP) is 2.09. The zero-order chi connectivity index (χ0) is 12.8. The smallest absolute Gasteiger partial charge is 0.212 e. The summed E-state index contributed by atoms with van der Waals surface area (Å²) in [4.78, 5) is 4.13. The summed E-state index contributed by atoms with van der Waals surface area (Å²) in [6.07, 6.45) is 1.77. The van der Waals surface area contributed by atoms with E-state index < -0.39 is 0 Å². The molecule has 94 valence electrons. The SMILES string of the molecule is COc1ccc(CNCc2ccccc2O)cn1. The zero-order valence-electron chi connectivity index (χ0n) is 10.3. The van der Waals surface area contributed by atoms with E-state index in [-0.39, 0.29) is 0 Å². The lowest BCUT2D eigenvalue weighted by atomic mass is 10.2. The molecule has 0 atom stereocenters. The number of para-hydroxylation sites is 1. The van der Waals surface area contributed by atoms with Crippen molar-refractivity contribution < 1.29 is 9.84 Å². The second-order valence-corrected chi connectivity index (χ2v) is 3.94. The summed E-state index contributed by atoms with van der Waals surface area (Å²) in [6, 6.07) is 11.1. The molecule has 2 aromatic rings. The largest absolute Gasteiger partial charge is 0.508 e. The van der Waals surface area contributed by atoms with Gasteiger partial charge in [0.1, 0.15) is 5.75 Å². The van der Waals surface area contributed by atoms with E-state index >= 15 is 0 Å². The molecule has 2 N–H and O–H groups in total. The fourth-order valence-electron chi connectivity index (χ4n) is 1.64. The second kappa shape index (κ2) is 6.02. The molecule has 0 spiro atoms. The standard InChI is InChI=1S/C14H16N2O2/c1-18-14-7-6-11(9-16-14)8-15-10-12-4-2-3-5-13(12)17/h2-7,9,15,17H,8,10H2,1H3. The first-order valence-corrected chi connectivity index (χ1v) is 5.76. The molecule has 18 heavy (non-hydrogen) atoms. The maximum absolute atomic E-state index is 9.61. The van der Waals surface area contributed by atoms with Gasteiger partial charge < -0.3 is 15.2 Å². The van der Waals surface area contributed by atoms with Crippen LogP contribution < -0.4 is 10.1 Å². The van der Waals surface area contributed by atoms with Crippen LogP contribution in [0, 0.1) is 0 Å². The Kier molecular flexibility index (Phi) is 4.15. The van der Waals surface area contributed by atoms with Gasteiger partial charge >= 0.3 is 0 Å². The number of rotatable bonds is 5. The number of methoxy groups -OCH3 is 1. The van der Waals surface area contributed by atoms with E-state index in [4.69, 9.17) is 4.74 Å². The van der Waals surface area contributed by atoms with Crippen molar-refractivity contribution in [1.82, 2.24) is 10.3 Å². The molecule has 0 saturated carbocycles. The molecule has 2 rings (SSSR count). The van der Waals surface area contributed by atoms with Gasteiger partial charge in [0.25, 0.3) is 0 Å². The minimum atomic E-state index is 0.317. The van der Waals surface area contributed by atoms with Crippen molar-refractivity contribution >= 4 is 0 Å². The summed E-state index contributed by atoms with van der Waals surface area (Å²) in [5.41, 5.74) is 1.96. The van der Waals surface area contributed by atoms with Crippen molar-refractivity contribution in [1.29, 1.82) is 0 Å². The molecule has 1 aromatic heterocycles. The number of phenolic OH excluding ortho intramolecular Hbond substituents is 1. The normalized spacial score (nSPS) is 10.3. The van der Waals surface area contributed by atoms with Gasteiger partial charge in [0.15, 0.2) is 0 Å². The highest BCUT2D eigenvalue weighted by molar-refractivity contribution is 5.31. The average molecular weight is 244 g/mol. The summed E-state index contributed by atoms with van der Waals surface area (Å²) < 4.78 is 4.99. The Morgan fingerprint density at radius 3 is 2.67 bits per heavy atom. The number of hydrogen-bond acceptors (Lipinski definition) is 4. The average Bonchev–Trinajstić information content (AvgIpc) is 2.42. The Hall–Kier alpha value is -2.07. The van der Waals surface area contributed by atoms with Crippen molar-refractivity contribution in [2.75, 3.05) is 7.11 Å². The fraction of sp³-hybridized carbons (Fsp3) is 0.214. The summed E-state index contributed by atoms with van der Waals surface area (Å²) >= 11 is 0. The third-order valence-electron chi connectivity index (χ3n) is 2.64. The molecule has 0 aliphatic carbocycles. The number of aromatic nitrogens is 1. The van der Waals surface area contributed by atoms with E-state index in [2.05, 4.69) is 10.3 Å². The van der Waals surface area contributed by atoms with Crippen LogP contribution in [-0.2, 0) is 13.1 Å². The molecule has 0 fully saturated rings. The van der Waals surface area contributed by atoms with Crippen LogP contribution in [0.25, 0.3) is 0 Å².